The van der Waals surface area contributed by atoms with Gasteiger partial charge in [-0.1, -0.05) is 25.5 Å². The van der Waals surface area contributed by atoms with Crippen molar-refractivity contribution in [1.29, 1.82) is 0 Å². The summed E-state index contributed by atoms with van der Waals surface area (Å²) >= 11 is 0. The van der Waals surface area contributed by atoms with Crippen molar-refractivity contribution < 1.29 is 18.0 Å². The van der Waals surface area contributed by atoms with E-state index in [0.29, 0.717) is 6.42 Å². The van der Waals surface area contributed by atoms with E-state index in [2.05, 4.69) is 0 Å². The number of ketones is 1. The van der Waals surface area contributed by atoms with Crippen molar-refractivity contribution >= 4 is 5.78 Å². The van der Waals surface area contributed by atoms with Crippen molar-refractivity contribution in [2.24, 2.45) is 5.92 Å². The Morgan fingerprint density at radius 2 is 1.84 bits per heavy atom. The van der Waals surface area contributed by atoms with E-state index in [1.165, 1.54) is 12.1 Å². The number of benzene rings is 1. The van der Waals surface area contributed by atoms with Gasteiger partial charge in [0.25, 0.3) is 0 Å². The first-order valence-electron chi connectivity index (χ1n) is 6.63. The molecule has 0 spiro atoms. The Morgan fingerprint density at radius 1 is 1.21 bits per heavy atom. The molecule has 104 valence electrons. The second kappa shape index (κ2) is 5.35. The molecule has 1 fully saturated rings. The van der Waals surface area contributed by atoms with Gasteiger partial charge in [0.05, 0.1) is 5.56 Å². The lowest BCUT2D eigenvalue weighted by atomic mass is 9.85. The van der Waals surface area contributed by atoms with Gasteiger partial charge >= 0.3 is 6.18 Å². The van der Waals surface area contributed by atoms with Crippen LogP contribution in [-0.4, -0.2) is 5.78 Å². The van der Waals surface area contributed by atoms with Crippen molar-refractivity contribution in [2.75, 3.05) is 0 Å². The molecule has 1 aliphatic carbocycles. The average molecular weight is 270 g/mol. The Morgan fingerprint density at radius 3 is 2.37 bits per heavy atom. The van der Waals surface area contributed by atoms with Gasteiger partial charge in [-0.2, -0.15) is 13.2 Å². The highest BCUT2D eigenvalue weighted by Crippen LogP contribution is 2.41. The molecule has 0 amide bonds. The van der Waals surface area contributed by atoms with Crippen LogP contribution in [0.4, 0.5) is 13.2 Å². The van der Waals surface area contributed by atoms with Crippen LogP contribution in [-0.2, 0) is 11.0 Å². The van der Waals surface area contributed by atoms with Crippen LogP contribution in [0.1, 0.15) is 49.7 Å². The minimum Gasteiger partial charge on any atom is -0.299 e. The number of Topliss-reactive ketones (excluding diaryl/α,β-unsaturated/α-hetero) is 1. The van der Waals surface area contributed by atoms with Gasteiger partial charge in [-0.05, 0) is 36.5 Å². The Kier molecular flexibility index (Phi) is 3.97. The highest BCUT2D eigenvalue weighted by Gasteiger charge is 2.34. The number of halogens is 3. The summed E-state index contributed by atoms with van der Waals surface area (Å²) in [4.78, 5) is 11.8. The van der Waals surface area contributed by atoms with Crippen molar-refractivity contribution in [3.05, 3.63) is 35.4 Å². The molecule has 4 heteroatoms. The third kappa shape index (κ3) is 2.99. The number of hydrogen-bond donors (Lipinski definition) is 0. The first-order valence-corrected chi connectivity index (χ1v) is 6.63. The minimum absolute atomic E-state index is 0.0123. The number of carbonyl (C=O) groups excluding carboxylic acids is 1. The fraction of sp³-hybridized carbons (Fsp3) is 0.533. The molecule has 0 aromatic heterocycles. The molecule has 0 heterocycles. The molecule has 19 heavy (non-hydrogen) atoms. The summed E-state index contributed by atoms with van der Waals surface area (Å²) in [6.45, 7) is 1.84. The summed E-state index contributed by atoms with van der Waals surface area (Å²) in [5.74, 6) is 0.305. The topological polar surface area (TPSA) is 17.1 Å². The highest BCUT2D eigenvalue weighted by molar-refractivity contribution is 5.82. The van der Waals surface area contributed by atoms with Crippen LogP contribution in [0.15, 0.2) is 24.3 Å². The molecule has 2 unspecified atom stereocenters. The maximum absolute atomic E-state index is 12.5. The van der Waals surface area contributed by atoms with Gasteiger partial charge in [0.1, 0.15) is 5.78 Å². The molecule has 1 aliphatic rings. The molecule has 1 saturated carbocycles. The summed E-state index contributed by atoms with van der Waals surface area (Å²) < 4.78 is 37.5. The first-order chi connectivity index (χ1) is 8.93. The van der Waals surface area contributed by atoms with E-state index in [-0.39, 0.29) is 17.6 Å². The predicted octanol–water partition coefficient (Wildman–Crippen LogP) is 4.57. The standard InChI is InChI=1S/C15H17F3O/c1-2-14(19)13-5-3-4-12(13)10-6-8-11(9-7-10)15(16,17)18/h6-9,12-13H,2-5H2,1H3. The second-order valence-electron chi connectivity index (χ2n) is 5.08. The molecule has 0 saturated heterocycles. The molecule has 1 aromatic rings. The lowest BCUT2D eigenvalue weighted by Crippen LogP contribution is -2.17. The van der Waals surface area contributed by atoms with Crippen molar-refractivity contribution in [3.8, 4) is 0 Å². The van der Waals surface area contributed by atoms with E-state index in [4.69, 9.17) is 0 Å². The van der Waals surface area contributed by atoms with Gasteiger partial charge in [-0.25, -0.2) is 0 Å². The van der Waals surface area contributed by atoms with Crippen LogP contribution in [0.2, 0.25) is 0 Å². The zero-order valence-corrected chi connectivity index (χ0v) is 10.8. The average Bonchev–Trinajstić information content (AvgIpc) is 2.86. The van der Waals surface area contributed by atoms with Crippen LogP contribution < -0.4 is 0 Å². The Hall–Kier alpha value is -1.32. The van der Waals surface area contributed by atoms with E-state index in [1.54, 1.807) is 0 Å². The monoisotopic (exact) mass is 270 g/mol. The number of hydrogen-bond acceptors (Lipinski definition) is 1. The molecule has 1 nitrogen and oxygen atoms in total. The van der Waals surface area contributed by atoms with E-state index in [9.17, 15) is 18.0 Å². The molecule has 0 bridgehead atoms. The summed E-state index contributed by atoms with van der Waals surface area (Å²) in [6.07, 6.45) is -1.07. The predicted molar refractivity (Wildman–Crippen MR) is 66.8 cm³/mol. The summed E-state index contributed by atoms with van der Waals surface area (Å²) in [6, 6.07) is 5.27. The first kappa shape index (κ1) is 14.1. The fourth-order valence-corrected chi connectivity index (χ4v) is 2.93. The van der Waals surface area contributed by atoms with Gasteiger partial charge < -0.3 is 0 Å². The summed E-state index contributed by atoms with van der Waals surface area (Å²) in [5, 5.41) is 0. The highest BCUT2D eigenvalue weighted by atomic mass is 19.4. The Labute approximate surface area is 110 Å². The third-order valence-corrected chi connectivity index (χ3v) is 3.94. The zero-order valence-electron chi connectivity index (χ0n) is 10.8. The fourth-order valence-electron chi connectivity index (χ4n) is 2.93. The minimum atomic E-state index is -4.30. The molecular formula is C15H17F3O. The van der Waals surface area contributed by atoms with Gasteiger partial charge in [0.2, 0.25) is 0 Å². The van der Waals surface area contributed by atoms with Crippen LogP contribution >= 0.6 is 0 Å². The zero-order chi connectivity index (χ0) is 14.0. The SMILES string of the molecule is CCC(=O)C1CCCC1c1ccc(C(F)(F)F)cc1. The van der Waals surface area contributed by atoms with Crippen LogP contribution in [0.25, 0.3) is 0 Å². The number of alkyl halides is 3. The molecule has 0 aliphatic heterocycles. The van der Waals surface area contributed by atoms with Crippen LogP contribution in [0, 0.1) is 5.92 Å². The lowest BCUT2D eigenvalue weighted by Gasteiger charge is -2.19. The molecule has 2 atom stereocenters. The molecule has 0 radical (unpaired) electrons. The summed E-state index contributed by atoms with van der Waals surface area (Å²) in [7, 11) is 0. The molecule has 0 N–H and O–H groups in total. The van der Waals surface area contributed by atoms with Gasteiger partial charge in [0.15, 0.2) is 0 Å². The third-order valence-electron chi connectivity index (χ3n) is 3.94. The normalized spacial score (nSPS) is 23.6. The van der Waals surface area contributed by atoms with Crippen LogP contribution in [0.3, 0.4) is 0 Å². The largest absolute Gasteiger partial charge is 0.416 e. The van der Waals surface area contributed by atoms with E-state index >= 15 is 0 Å². The van der Waals surface area contributed by atoms with E-state index < -0.39 is 11.7 Å². The second-order valence-corrected chi connectivity index (χ2v) is 5.08. The Bertz CT molecular complexity index is 447. The van der Waals surface area contributed by atoms with Crippen molar-refractivity contribution in [3.63, 3.8) is 0 Å². The van der Waals surface area contributed by atoms with Crippen LogP contribution in [0.5, 0.6) is 0 Å². The Balaban J connectivity index is 2.20. The lowest BCUT2D eigenvalue weighted by molar-refractivity contribution is -0.137. The quantitative estimate of drug-likeness (QED) is 0.786. The molecular weight excluding hydrogens is 253 g/mol. The van der Waals surface area contributed by atoms with Crippen molar-refractivity contribution in [1.82, 2.24) is 0 Å². The van der Waals surface area contributed by atoms with Gasteiger partial charge in [-0.3, -0.25) is 4.79 Å². The molecule has 2 rings (SSSR count). The number of carbonyl (C=O) groups is 1. The maximum atomic E-state index is 12.5. The van der Waals surface area contributed by atoms with Crippen molar-refractivity contribution in [2.45, 2.75) is 44.7 Å². The smallest absolute Gasteiger partial charge is 0.299 e. The maximum Gasteiger partial charge on any atom is 0.416 e. The van der Waals surface area contributed by atoms with Gasteiger partial charge in [-0.15, -0.1) is 0 Å². The summed E-state index contributed by atoms with van der Waals surface area (Å²) in [5.41, 5.74) is 0.227. The van der Waals surface area contributed by atoms with E-state index in [0.717, 1.165) is 37.0 Å². The van der Waals surface area contributed by atoms with E-state index in [1.807, 2.05) is 6.92 Å². The molecule has 1 aromatic carbocycles. The number of rotatable bonds is 3. The van der Waals surface area contributed by atoms with Gasteiger partial charge in [0, 0.05) is 12.3 Å².